The Kier molecular flexibility index (Phi) is 5.28. The molecule has 1 N–H and O–H groups in total. The Bertz CT molecular complexity index is 1150. The summed E-state index contributed by atoms with van der Waals surface area (Å²) in [5.74, 6) is 0.711. The van der Waals surface area contributed by atoms with Gasteiger partial charge in [-0.3, -0.25) is 4.79 Å². The molecule has 4 rings (SSSR count). The van der Waals surface area contributed by atoms with Gasteiger partial charge in [0, 0.05) is 23.4 Å². The van der Waals surface area contributed by atoms with Gasteiger partial charge < -0.3 is 9.84 Å². The molecule has 0 atom stereocenters. The summed E-state index contributed by atoms with van der Waals surface area (Å²) in [6, 6.07) is 18.8. The molecule has 0 bridgehead atoms. The number of hydrogen-bond donors (Lipinski definition) is 1. The second-order valence-electron chi connectivity index (χ2n) is 6.21. The van der Waals surface area contributed by atoms with Crippen molar-refractivity contribution in [3.8, 4) is 11.4 Å². The summed E-state index contributed by atoms with van der Waals surface area (Å²) in [6.45, 7) is 0. The minimum Gasteiger partial charge on any atom is -0.339 e. The lowest BCUT2D eigenvalue weighted by Crippen LogP contribution is -2.12. The van der Waals surface area contributed by atoms with E-state index >= 15 is 0 Å². The van der Waals surface area contributed by atoms with Crippen LogP contribution >= 0.6 is 23.2 Å². The van der Waals surface area contributed by atoms with Crippen molar-refractivity contribution in [3.63, 3.8) is 0 Å². The lowest BCUT2D eigenvalue weighted by Gasteiger charge is -2.06. The molecule has 28 heavy (non-hydrogen) atoms. The van der Waals surface area contributed by atoms with Crippen LogP contribution in [0.4, 0.5) is 5.69 Å². The van der Waals surface area contributed by atoms with Crippen molar-refractivity contribution in [2.75, 3.05) is 5.32 Å². The Labute approximate surface area is 171 Å². The van der Waals surface area contributed by atoms with E-state index in [1.807, 2.05) is 42.5 Å². The van der Waals surface area contributed by atoms with Crippen LogP contribution in [0.3, 0.4) is 0 Å². The number of hydrogen-bond acceptors (Lipinski definition) is 4. The molecule has 1 aromatic heterocycles. The molecule has 1 heterocycles. The fraction of sp³-hybridized carbons (Fsp3) is 0.0952. The third-order valence-electron chi connectivity index (χ3n) is 4.27. The molecule has 0 aliphatic carbocycles. The third kappa shape index (κ3) is 4.01. The summed E-state index contributed by atoms with van der Waals surface area (Å²) in [7, 11) is 0. The minimum atomic E-state index is -0.200. The second kappa shape index (κ2) is 8.00. The SMILES string of the molecule is O=C(CCc1nc(-c2cccc3ccccc23)no1)Nc1ccc(Cl)cc1Cl. The zero-order valence-corrected chi connectivity index (χ0v) is 16.2. The average molecular weight is 412 g/mol. The molecule has 1 amide bonds. The highest BCUT2D eigenvalue weighted by Crippen LogP contribution is 2.27. The molecule has 0 fully saturated rings. The van der Waals surface area contributed by atoms with E-state index in [9.17, 15) is 4.79 Å². The number of benzene rings is 3. The van der Waals surface area contributed by atoms with Crippen molar-refractivity contribution < 1.29 is 9.32 Å². The molecule has 0 saturated carbocycles. The molecule has 0 spiro atoms. The Morgan fingerprint density at radius 3 is 2.71 bits per heavy atom. The maximum atomic E-state index is 12.2. The van der Waals surface area contributed by atoms with Crippen LogP contribution in [-0.4, -0.2) is 16.0 Å². The quantitative estimate of drug-likeness (QED) is 0.452. The maximum absolute atomic E-state index is 12.2. The van der Waals surface area contributed by atoms with E-state index in [1.165, 1.54) is 0 Å². The zero-order chi connectivity index (χ0) is 19.5. The molecule has 140 valence electrons. The monoisotopic (exact) mass is 411 g/mol. The predicted octanol–water partition coefficient (Wildman–Crippen LogP) is 5.77. The van der Waals surface area contributed by atoms with Gasteiger partial charge >= 0.3 is 0 Å². The van der Waals surface area contributed by atoms with Gasteiger partial charge in [-0.25, -0.2) is 0 Å². The van der Waals surface area contributed by atoms with E-state index in [4.69, 9.17) is 27.7 Å². The van der Waals surface area contributed by atoms with Crippen LogP contribution in [0, 0.1) is 0 Å². The number of fused-ring (bicyclic) bond motifs is 1. The molecule has 3 aromatic carbocycles. The smallest absolute Gasteiger partial charge is 0.227 e. The highest BCUT2D eigenvalue weighted by atomic mass is 35.5. The number of anilines is 1. The van der Waals surface area contributed by atoms with Crippen molar-refractivity contribution >= 4 is 45.6 Å². The standard InChI is InChI=1S/C21H15Cl2N3O2/c22-14-8-9-18(17(23)12-14)24-19(27)10-11-20-25-21(26-28-20)16-7-3-5-13-4-1-2-6-15(13)16/h1-9,12H,10-11H2,(H,24,27). The highest BCUT2D eigenvalue weighted by molar-refractivity contribution is 6.36. The van der Waals surface area contributed by atoms with Gasteiger partial charge in [0.15, 0.2) is 0 Å². The van der Waals surface area contributed by atoms with Crippen LogP contribution in [0.1, 0.15) is 12.3 Å². The molecule has 5 nitrogen and oxygen atoms in total. The fourth-order valence-electron chi connectivity index (χ4n) is 2.91. The first-order chi connectivity index (χ1) is 13.6. The normalized spacial score (nSPS) is 10.9. The van der Waals surface area contributed by atoms with Crippen LogP contribution < -0.4 is 5.32 Å². The summed E-state index contributed by atoms with van der Waals surface area (Å²) in [5, 5.41) is 9.87. The van der Waals surface area contributed by atoms with Gasteiger partial charge in [-0.05, 0) is 29.0 Å². The first kappa shape index (κ1) is 18.5. The van der Waals surface area contributed by atoms with Crippen LogP contribution in [0.25, 0.3) is 22.2 Å². The van der Waals surface area contributed by atoms with Gasteiger partial charge in [-0.1, -0.05) is 70.8 Å². The van der Waals surface area contributed by atoms with E-state index < -0.39 is 0 Å². The molecule has 0 aliphatic heterocycles. The number of aromatic nitrogens is 2. The Hall–Kier alpha value is -2.89. The van der Waals surface area contributed by atoms with Crippen LogP contribution in [0.2, 0.25) is 10.0 Å². The van der Waals surface area contributed by atoms with Crippen molar-refractivity contribution in [1.29, 1.82) is 0 Å². The second-order valence-corrected chi connectivity index (χ2v) is 7.05. The van der Waals surface area contributed by atoms with E-state index in [2.05, 4.69) is 15.5 Å². The lowest BCUT2D eigenvalue weighted by atomic mass is 10.0. The molecular weight excluding hydrogens is 397 g/mol. The van der Waals surface area contributed by atoms with Crippen molar-refractivity contribution in [2.45, 2.75) is 12.8 Å². The van der Waals surface area contributed by atoms with Crippen LogP contribution in [0.5, 0.6) is 0 Å². The zero-order valence-electron chi connectivity index (χ0n) is 14.7. The molecule has 0 radical (unpaired) electrons. The molecule has 4 aromatic rings. The van der Waals surface area contributed by atoms with Gasteiger partial charge in [0.1, 0.15) is 0 Å². The van der Waals surface area contributed by atoms with Gasteiger partial charge in [0.05, 0.1) is 10.7 Å². The summed E-state index contributed by atoms with van der Waals surface area (Å²) in [6.07, 6.45) is 0.519. The molecule has 7 heteroatoms. The summed E-state index contributed by atoms with van der Waals surface area (Å²) in [4.78, 5) is 16.6. The maximum Gasteiger partial charge on any atom is 0.227 e. The summed E-state index contributed by atoms with van der Waals surface area (Å²) in [5.41, 5.74) is 1.41. The van der Waals surface area contributed by atoms with E-state index in [-0.39, 0.29) is 12.3 Å². The van der Waals surface area contributed by atoms with Crippen LogP contribution in [0.15, 0.2) is 65.2 Å². The van der Waals surface area contributed by atoms with Crippen LogP contribution in [-0.2, 0) is 11.2 Å². The van der Waals surface area contributed by atoms with Gasteiger partial charge in [0.25, 0.3) is 0 Å². The van der Waals surface area contributed by atoms with Gasteiger partial charge in [-0.2, -0.15) is 4.98 Å². The Balaban J connectivity index is 1.44. The molecular formula is C21H15Cl2N3O2. The highest BCUT2D eigenvalue weighted by Gasteiger charge is 2.13. The van der Waals surface area contributed by atoms with E-state index in [0.717, 1.165) is 16.3 Å². The number of nitrogens with one attached hydrogen (secondary N) is 1. The Morgan fingerprint density at radius 2 is 1.86 bits per heavy atom. The predicted molar refractivity (Wildman–Crippen MR) is 111 cm³/mol. The first-order valence-electron chi connectivity index (χ1n) is 8.66. The number of rotatable bonds is 5. The van der Waals surface area contributed by atoms with Gasteiger partial charge in [0.2, 0.25) is 17.6 Å². The van der Waals surface area contributed by atoms with Crippen molar-refractivity contribution in [2.24, 2.45) is 0 Å². The molecule has 0 aliphatic rings. The average Bonchev–Trinajstić information content (AvgIpc) is 3.17. The van der Waals surface area contributed by atoms with Gasteiger partial charge in [-0.15, -0.1) is 0 Å². The number of amides is 1. The number of halogens is 2. The van der Waals surface area contributed by atoms with E-state index in [0.29, 0.717) is 33.9 Å². The first-order valence-corrected chi connectivity index (χ1v) is 9.41. The minimum absolute atomic E-state index is 0.191. The van der Waals surface area contributed by atoms with E-state index in [1.54, 1.807) is 18.2 Å². The van der Waals surface area contributed by atoms with Crippen molar-refractivity contribution in [3.05, 3.63) is 76.6 Å². The number of aryl methyl sites for hydroxylation is 1. The number of carbonyl (C=O) groups is 1. The third-order valence-corrected chi connectivity index (χ3v) is 4.82. The molecule has 0 saturated heterocycles. The topological polar surface area (TPSA) is 68.0 Å². The number of carbonyl (C=O) groups excluding carboxylic acids is 1. The lowest BCUT2D eigenvalue weighted by molar-refractivity contribution is -0.116. The summed E-state index contributed by atoms with van der Waals surface area (Å²) < 4.78 is 5.32. The molecule has 0 unspecified atom stereocenters. The Morgan fingerprint density at radius 1 is 1.04 bits per heavy atom. The fourth-order valence-corrected chi connectivity index (χ4v) is 3.37. The van der Waals surface area contributed by atoms with Crippen molar-refractivity contribution in [1.82, 2.24) is 10.1 Å². The number of nitrogens with zero attached hydrogens (tertiary/aromatic N) is 2. The summed E-state index contributed by atoms with van der Waals surface area (Å²) >= 11 is 11.9. The largest absolute Gasteiger partial charge is 0.339 e.